The fraction of sp³-hybridized carbons (Fsp3) is 0.381. The third kappa shape index (κ3) is 4.46. The Balaban J connectivity index is 1.81. The highest BCUT2D eigenvalue weighted by molar-refractivity contribution is 7.12. The van der Waals surface area contributed by atoms with E-state index in [1.807, 2.05) is 11.4 Å². The molecule has 0 aliphatic carbocycles. The van der Waals surface area contributed by atoms with Crippen molar-refractivity contribution in [3.63, 3.8) is 0 Å². The minimum atomic E-state index is -0.422. The summed E-state index contributed by atoms with van der Waals surface area (Å²) in [7, 11) is 0. The molecule has 0 radical (unpaired) electrons. The molecule has 3 rings (SSSR count). The highest BCUT2D eigenvalue weighted by atomic mass is 32.1. The molecule has 0 aliphatic heterocycles. The van der Waals surface area contributed by atoms with Crippen molar-refractivity contribution in [2.24, 2.45) is 0 Å². The van der Waals surface area contributed by atoms with Crippen LogP contribution in [0.1, 0.15) is 59.2 Å². The number of hydrogen-bond acceptors (Lipinski definition) is 5. The van der Waals surface area contributed by atoms with Crippen LogP contribution in [0.3, 0.4) is 0 Å². The van der Waals surface area contributed by atoms with Crippen molar-refractivity contribution in [2.45, 2.75) is 51.9 Å². The van der Waals surface area contributed by atoms with Crippen LogP contribution >= 0.6 is 22.7 Å². The number of aryl methyl sites for hydroxylation is 1. The maximum absolute atomic E-state index is 12.5. The van der Waals surface area contributed by atoms with Crippen molar-refractivity contribution in [1.29, 1.82) is 0 Å². The molecule has 3 heterocycles. The van der Waals surface area contributed by atoms with Gasteiger partial charge in [0, 0.05) is 28.2 Å². The highest BCUT2D eigenvalue weighted by Crippen LogP contribution is 2.29. The van der Waals surface area contributed by atoms with Gasteiger partial charge >= 0.3 is 5.63 Å². The molecule has 0 amide bonds. The van der Waals surface area contributed by atoms with Crippen LogP contribution in [0, 0.1) is 0 Å². The van der Waals surface area contributed by atoms with Crippen LogP contribution < -0.4 is 5.63 Å². The van der Waals surface area contributed by atoms with Crippen molar-refractivity contribution in [3.05, 3.63) is 72.1 Å². The molecular weight excluding hydrogens is 364 g/mol. The van der Waals surface area contributed by atoms with E-state index >= 15 is 0 Å². The summed E-state index contributed by atoms with van der Waals surface area (Å²) < 4.78 is 5.61. The van der Waals surface area contributed by atoms with Crippen LogP contribution in [0.4, 0.5) is 0 Å². The van der Waals surface area contributed by atoms with Gasteiger partial charge in [0.25, 0.3) is 0 Å². The second kappa shape index (κ2) is 8.69. The lowest BCUT2D eigenvalue weighted by atomic mass is 9.95. The minimum absolute atomic E-state index is 0.0467. The quantitative estimate of drug-likeness (QED) is 0.535. The van der Waals surface area contributed by atoms with Gasteiger partial charge in [-0.1, -0.05) is 20.3 Å². The Morgan fingerprint density at radius 1 is 1.19 bits per heavy atom. The lowest BCUT2D eigenvalue weighted by molar-refractivity contribution is 0.387. The number of rotatable bonds is 8. The lowest BCUT2D eigenvalue weighted by Gasteiger charge is -2.14. The predicted octanol–water partition coefficient (Wildman–Crippen LogP) is 5.75. The van der Waals surface area contributed by atoms with Crippen molar-refractivity contribution in [2.75, 3.05) is 0 Å². The average Bonchev–Trinajstić information content (AvgIpc) is 3.28. The van der Waals surface area contributed by atoms with Gasteiger partial charge in [0.1, 0.15) is 11.5 Å². The van der Waals surface area contributed by atoms with Crippen molar-refractivity contribution in [3.8, 4) is 5.75 Å². The summed E-state index contributed by atoms with van der Waals surface area (Å²) in [6.45, 7) is 4.22. The van der Waals surface area contributed by atoms with Crippen LogP contribution in [-0.4, -0.2) is 5.11 Å². The maximum Gasteiger partial charge on any atom is 0.343 e. The normalized spacial score (nSPS) is 12.4. The Labute approximate surface area is 162 Å². The van der Waals surface area contributed by atoms with E-state index in [4.69, 9.17) is 4.42 Å². The first-order chi connectivity index (χ1) is 12.6. The zero-order valence-corrected chi connectivity index (χ0v) is 16.8. The van der Waals surface area contributed by atoms with E-state index in [9.17, 15) is 9.90 Å². The molecule has 3 aromatic heterocycles. The van der Waals surface area contributed by atoms with Gasteiger partial charge in [0.05, 0.1) is 5.56 Å². The topological polar surface area (TPSA) is 50.4 Å². The fourth-order valence-electron chi connectivity index (χ4n) is 3.10. The maximum atomic E-state index is 12.5. The standard InChI is InChI=1S/C21H24O3S2/c1-3-5-16-6-7-17(26-16)11-18-19(22)12-20(24-21(18)23)15(4-2)10-14-8-9-25-13-14/h6-9,12-13,15,22H,3-5,10-11H2,1-2H3. The van der Waals surface area contributed by atoms with Crippen LogP contribution in [0.2, 0.25) is 0 Å². The molecule has 1 unspecified atom stereocenters. The van der Waals surface area contributed by atoms with Gasteiger partial charge < -0.3 is 9.52 Å². The lowest BCUT2D eigenvalue weighted by Crippen LogP contribution is -2.12. The summed E-state index contributed by atoms with van der Waals surface area (Å²) in [6.07, 6.45) is 4.23. The Bertz CT molecular complexity index is 890. The SMILES string of the molecule is CCCc1ccc(Cc2c(O)cc(C(CC)Cc3ccsc3)oc2=O)s1. The molecule has 0 fully saturated rings. The molecule has 138 valence electrons. The van der Waals surface area contributed by atoms with E-state index in [1.165, 1.54) is 10.4 Å². The summed E-state index contributed by atoms with van der Waals surface area (Å²) in [5.74, 6) is 0.711. The van der Waals surface area contributed by atoms with Gasteiger partial charge in [-0.3, -0.25) is 0 Å². The van der Waals surface area contributed by atoms with Gasteiger partial charge in [-0.2, -0.15) is 11.3 Å². The first kappa shape index (κ1) is 18.9. The molecule has 3 aromatic rings. The summed E-state index contributed by atoms with van der Waals surface area (Å²) in [5.41, 5.74) is 1.16. The molecule has 0 aliphatic rings. The largest absolute Gasteiger partial charge is 0.507 e. The molecule has 0 saturated heterocycles. The monoisotopic (exact) mass is 388 g/mol. The van der Waals surface area contributed by atoms with E-state index in [-0.39, 0.29) is 11.7 Å². The highest BCUT2D eigenvalue weighted by Gasteiger charge is 2.19. The molecule has 0 saturated carbocycles. The summed E-state index contributed by atoms with van der Waals surface area (Å²) in [4.78, 5) is 14.9. The van der Waals surface area contributed by atoms with Crippen LogP contribution in [0.5, 0.6) is 5.75 Å². The summed E-state index contributed by atoms with van der Waals surface area (Å²) in [5, 5.41) is 14.6. The van der Waals surface area contributed by atoms with Crippen LogP contribution in [0.25, 0.3) is 0 Å². The van der Waals surface area contributed by atoms with Crippen molar-refractivity contribution >= 4 is 22.7 Å². The van der Waals surface area contributed by atoms with Crippen LogP contribution in [0.15, 0.2) is 44.2 Å². The first-order valence-electron chi connectivity index (χ1n) is 9.05. The number of hydrogen-bond donors (Lipinski definition) is 1. The van der Waals surface area contributed by atoms with Gasteiger partial charge in [0.15, 0.2) is 0 Å². The van der Waals surface area contributed by atoms with Gasteiger partial charge in [0.2, 0.25) is 0 Å². The molecule has 5 heteroatoms. The zero-order chi connectivity index (χ0) is 18.5. The Morgan fingerprint density at radius 2 is 2.00 bits per heavy atom. The Morgan fingerprint density at radius 3 is 2.65 bits per heavy atom. The van der Waals surface area contributed by atoms with E-state index in [0.29, 0.717) is 17.7 Å². The van der Waals surface area contributed by atoms with E-state index < -0.39 is 5.63 Å². The fourth-order valence-corrected chi connectivity index (χ4v) is 4.91. The van der Waals surface area contributed by atoms with E-state index in [1.54, 1.807) is 28.7 Å². The molecule has 1 atom stereocenters. The molecule has 0 bridgehead atoms. The second-order valence-corrected chi connectivity index (χ2v) is 8.57. The second-order valence-electron chi connectivity index (χ2n) is 6.54. The molecule has 1 N–H and O–H groups in total. The molecule has 0 spiro atoms. The number of aromatic hydroxyl groups is 1. The van der Waals surface area contributed by atoms with Gasteiger partial charge in [-0.15, -0.1) is 11.3 Å². The Kier molecular flexibility index (Phi) is 6.33. The smallest absolute Gasteiger partial charge is 0.343 e. The van der Waals surface area contributed by atoms with E-state index in [2.05, 4.69) is 31.4 Å². The minimum Gasteiger partial charge on any atom is -0.507 e. The first-order valence-corrected chi connectivity index (χ1v) is 10.8. The van der Waals surface area contributed by atoms with E-state index in [0.717, 1.165) is 30.6 Å². The van der Waals surface area contributed by atoms with Crippen LogP contribution in [-0.2, 0) is 19.3 Å². The van der Waals surface area contributed by atoms with Gasteiger partial charge in [-0.05, 0) is 53.8 Å². The third-order valence-corrected chi connectivity index (χ3v) is 6.44. The predicted molar refractivity (Wildman–Crippen MR) is 109 cm³/mol. The molecule has 3 nitrogen and oxygen atoms in total. The average molecular weight is 389 g/mol. The summed E-state index contributed by atoms with van der Waals surface area (Å²) in [6, 6.07) is 7.86. The van der Waals surface area contributed by atoms with Crippen molar-refractivity contribution < 1.29 is 9.52 Å². The molecular formula is C21H24O3S2. The molecule has 0 aromatic carbocycles. The Hall–Kier alpha value is -1.85. The summed E-state index contributed by atoms with van der Waals surface area (Å²) >= 11 is 3.36. The molecule has 26 heavy (non-hydrogen) atoms. The number of thiophene rings is 2. The zero-order valence-electron chi connectivity index (χ0n) is 15.2. The van der Waals surface area contributed by atoms with Gasteiger partial charge in [-0.25, -0.2) is 4.79 Å². The third-order valence-electron chi connectivity index (χ3n) is 4.57. The van der Waals surface area contributed by atoms with Crippen molar-refractivity contribution in [1.82, 2.24) is 0 Å².